The van der Waals surface area contributed by atoms with Crippen LogP contribution in [-0.2, 0) is 9.59 Å². The molecular formula is C16H22N2O4. The smallest absolute Gasteiger partial charge is 0.258 e. The number of carbonyl (C=O) groups is 2. The Bertz CT molecular complexity index is 513. The summed E-state index contributed by atoms with van der Waals surface area (Å²) in [5.74, 6) is 0.565. The molecule has 2 amide bonds. The molecular weight excluding hydrogens is 284 g/mol. The molecule has 1 fully saturated rings. The molecule has 2 rings (SSSR count). The number of carbonyl (C=O) groups excluding carboxylic acids is 2. The summed E-state index contributed by atoms with van der Waals surface area (Å²) in [5, 5.41) is 5.46. The number of ether oxygens (including phenoxy) is 2. The number of amides is 2. The standard InChI is InChI=1S/C16H22N2O4/c1-21-13-8-4-5-9-14(13)22-11-16(20)17-10-15(19)18-12-6-2-3-7-12/h4-5,8-9,12H,2-3,6-7,10-11H2,1H3,(H,17,20)(H,18,19). The molecule has 0 aliphatic heterocycles. The Morgan fingerprint density at radius 3 is 2.50 bits per heavy atom. The first-order valence-electron chi connectivity index (χ1n) is 7.51. The third-order valence-corrected chi connectivity index (χ3v) is 3.59. The van der Waals surface area contributed by atoms with E-state index < -0.39 is 0 Å². The van der Waals surface area contributed by atoms with Crippen LogP contribution in [0.5, 0.6) is 11.5 Å². The summed E-state index contributed by atoms with van der Waals surface area (Å²) < 4.78 is 10.5. The molecule has 0 saturated heterocycles. The van der Waals surface area contributed by atoms with Gasteiger partial charge in [-0.3, -0.25) is 9.59 Å². The molecule has 0 atom stereocenters. The lowest BCUT2D eigenvalue weighted by Gasteiger charge is -2.13. The summed E-state index contributed by atoms with van der Waals surface area (Å²) in [5.41, 5.74) is 0. The molecule has 2 N–H and O–H groups in total. The molecule has 6 nitrogen and oxygen atoms in total. The molecule has 0 bridgehead atoms. The van der Waals surface area contributed by atoms with Crippen LogP contribution >= 0.6 is 0 Å². The minimum absolute atomic E-state index is 0.0232. The maximum absolute atomic E-state index is 11.7. The van der Waals surface area contributed by atoms with E-state index in [0.717, 1.165) is 25.7 Å². The van der Waals surface area contributed by atoms with Crippen molar-refractivity contribution in [3.63, 3.8) is 0 Å². The van der Waals surface area contributed by atoms with Crippen LogP contribution in [0.2, 0.25) is 0 Å². The molecule has 1 saturated carbocycles. The summed E-state index contributed by atoms with van der Waals surface area (Å²) in [7, 11) is 1.54. The lowest BCUT2D eigenvalue weighted by atomic mass is 10.2. The number of hydrogen-bond donors (Lipinski definition) is 2. The molecule has 1 aliphatic rings. The first kappa shape index (κ1) is 16.1. The van der Waals surface area contributed by atoms with Crippen molar-refractivity contribution in [3.8, 4) is 11.5 Å². The van der Waals surface area contributed by atoms with Crippen LogP contribution in [0.15, 0.2) is 24.3 Å². The summed E-state index contributed by atoms with van der Waals surface area (Å²) in [6.07, 6.45) is 4.36. The molecule has 22 heavy (non-hydrogen) atoms. The topological polar surface area (TPSA) is 76.7 Å². The van der Waals surface area contributed by atoms with Gasteiger partial charge in [0.25, 0.3) is 5.91 Å². The number of benzene rings is 1. The largest absolute Gasteiger partial charge is 0.493 e. The predicted molar refractivity (Wildman–Crippen MR) is 81.9 cm³/mol. The van der Waals surface area contributed by atoms with Crippen molar-refractivity contribution >= 4 is 11.8 Å². The van der Waals surface area contributed by atoms with Crippen LogP contribution in [0.3, 0.4) is 0 Å². The second-order valence-corrected chi connectivity index (χ2v) is 5.27. The van der Waals surface area contributed by atoms with Gasteiger partial charge in [-0.1, -0.05) is 25.0 Å². The van der Waals surface area contributed by atoms with Gasteiger partial charge in [-0.05, 0) is 25.0 Å². The zero-order valence-corrected chi connectivity index (χ0v) is 12.8. The number of nitrogens with one attached hydrogen (secondary N) is 2. The van der Waals surface area contributed by atoms with Crippen molar-refractivity contribution in [1.29, 1.82) is 0 Å². The average Bonchev–Trinajstić information content (AvgIpc) is 3.04. The molecule has 0 heterocycles. The minimum atomic E-state index is -0.340. The highest BCUT2D eigenvalue weighted by atomic mass is 16.5. The van der Waals surface area contributed by atoms with Crippen LogP contribution in [0.4, 0.5) is 0 Å². The molecule has 0 spiro atoms. The van der Waals surface area contributed by atoms with Crippen molar-refractivity contribution in [2.45, 2.75) is 31.7 Å². The van der Waals surface area contributed by atoms with Gasteiger partial charge in [0.05, 0.1) is 13.7 Å². The number of rotatable bonds is 7. The van der Waals surface area contributed by atoms with Gasteiger partial charge >= 0.3 is 0 Å². The van der Waals surface area contributed by atoms with Crippen LogP contribution in [0, 0.1) is 0 Å². The molecule has 0 aromatic heterocycles. The maximum Gasteiger partial charge on any atom is 0.258 e. The van der Waals surface area contributed by atoms with Gasteiger partial charge in [0.15, 0.2) is 18.1 Å². The Kier molecular flexibility index (Phi) is 6.06. The van der Waals surface area contributed by atoms with Gasteiger partial charge in [0, 0.05) is 6.04 Å². The minimum Gasteiger partial charge on any atom is -0.493 e. The van der Waals surface area contributed by atoms with E-state index in [0.29, 0.717) is 11.5 Å². The zero-order chi connectivity index (χ0) is 15.8. The van der Waals surface area contributed by atoms with Gasteiger partial charge < -0.3 is 20.1 Å². The second kappa shape index (κ2) is 8.26. The summed E-state index contributed by atoms with van der Waals surface area (Å²) >= 11 is 0. The van der Waals surface area contributed by atoms with Crippen LogP contribution in [0.25, 0.3) is 0 Å². The van der Waals surface area contributed by atoms with E-state index in [1.54, 1.807) is 18.2 Å². The Hall–Kier alpha value is -2.24. The number of hydrogen-bond acceptors (Lipinski definition) is 4. The highest BCUT2D eigenvalue weighted by molar-refractivity contribution is 5.85. The fraction of sp³-hybridized carbons (Fsp3) is 0.500. The summed E-state index contributed by atoms with van der Waals surface area (Å²) in [6.45, 7) is -0.179. The van der Waals surface area contributed by atoms with E-state index in [4.69, 9.17) is 9.47 Å². The van der Waals surface area contributed by atoms with Crippen molar-refractivity contribution in [3.05, 3.63) is 24.3 Å². The lowest BCUT2D eigenvalue weighted by Crippen LogP contribution is -2.42. The Morgan fingerprint density at radius 2 is 1.82 bits per heavy atom. The maximum atomic E-state index is 11.7. The summed E-state index contributed by atoms with van der Waals surface area (Å²) in [4.78, 5) is 23.4. The monoisotopic (exact) mass is 306 g/mol. The highest BCUT2D eigenvalue weighted by Crippen LogP contribution is 2.25. The average molecular weight is 306 g/mol. The Morgan fingerprint density at radius 1 is 1.14 bits per heavy atom. The van der Waals surface area contributed by atoms with Crippen molar-refractivity contribution in [1.82, 2.24) is 10.6 Å². The van der Waals surface area contributed by atoms with E-state index >= 15 is 0 Å². The molecule has 6 heteroatoms. The fourth-order valence-corrected chi connectivity index (χ4v) is 2.46. The quantitative estimate of drug-likeness (QED) is 0.795. The van der Waals surface area contributed by atoms with E-state index in [1.165, 1.54) is 7.11 Å². The van der Waals surface area contributed by atoms with E-state index in [2.05, 4.69) is 10.6 Å². The highest BCUT2D eigenvalue weighted by Gasteiger charge is 2.17. The van der Waals surface area contributed by atoms with Gasteiger partial charge in [0.1, 0.15) is 0 Å². The Balaban J connectivity index is 1.68. The van der Waals surface area contributed by atoms with Crippen LogP contribution < -0.4 is 20.1 Å². The third-order valence-electron chi connectivity index (χ3n) is 3.59. The lowest BCUT2D eigenvalue weighted by molar-refractivity contribution is -0.127. The molecule has 120 valence electrons. The van der Waals surface area contributed by atoms with Gasteiger partial charge in [-0.25, -0.2) is 0 Å². The number of para-hydroxylation sites is 2. The van der Waals surface area contributed by atoms with Gasteiger partial charge in [0.2, 0.25) is 5.91 Å². The first-order chi connectivity index (χ1) is 10.7. The van der Waals surface area contributed by atoms with E-state index in [1.807, 2.05) is 6.07 Å². The Labute approximate surface area is 130 Å². The zero-order valence-electron chi connectivity index (χ0n) is 12.8. The van der Waals surface area contributed by atoms with Gasteiger partial charge in [-0.15, -0.1) is 0 Å². The van der Waals surface area contributed by atoms with Crippen molar-refractivity contribution in [2.75, 3.05) is 20.3 Å². The van der Waals surface area contributed by atoms with Crippen LogP contribution in [0.1, 0.15) is 25.7 Å². The fourth-order valence-electron chi connectivity index (χ4n) is 2.46. The van der Waals surface area contributed by atoms with E-state index in [9.17, 15) is 9.59 Å². The second-order valence-electron chi connectivity index (χ2n) is 5.27. The number of methoxy groups -OCH3 is 1. The van der Waals surface area contributed by atoms with Gasteiger partial charge in [-0.2, -0.15) is 0 Å². The molecule has 1 aliphatic carbocycles. The molecule has 1 aromatic rings. The van der Waals surface area contributed by atoms with E-state index in [-0.39, 0.29) is 31.0 Å². The normalized spacial score (nSPS) is 14.4. The molecule has 1 aromatic carbocycles. The SMILES string of the molecule is COc1ccccc1OCC(=O)NCC(=O)NC1CCCC1. The molecule has 0 unspecified atom stereocenters. The third kappa shape index (κ3) is 4.95. The summed E-state index contributed by atoms with van der Waals surface area (Å²) in [6, 6.07) is 7.35. The van der Waals surface area contributed by atoms with Crippen LogP contribution in [-0.4, -0.2) is 38.1 Å². The predicted octanol–water partition coefficient (Wildman–Crippen LogP) is 1.25. The van der Waals surface area contributed by atoms with Crippen molar-refractivity contribution in [2.24, 2.45) is 0 Å². The molecule has 0 radical (unpaired) electrons. The first-order valence-corrected chi connectivity index (χ1v) is 7.51. The van der Waals surface area contributed by atoms with Crippen molar-refractivity contribution < 1.29 is 19.1 Å².